The summed E-state index contributed by atoms with van der Waals surface area (Å²) in [5, 5.41) is 0. The Bertz CT molecular complexity index is 631. The Morgan fingerprint density at radius 2 is 1.77 bits per heavy atom. The van der Waals surface area contributed by atoms with Gasteiger partial charge < -0.3 is 5.73 Å². The molecule has 2 fully saturated rings. The van der Waals surface area contributed by atoms with Crippen LogP contribution in [0.5, 0.6) is 0 Å². The maximum absolute atomic E-state index is 12.4. The zero-order chi connectivity index (χ0) is 15.7. The van der Waals surface area contributed by atoms with Gasteiger partial charge in [0.25, 0.3) is 0 Å². The number of carbonyl (C=O) groups is 2. The SMILES string of the molecule is C[C@]12CCC(=O)C(N)=C1C=C[C@@H]1[C@@H]2CC[C@]2(C)C(=O)CC[C@@H]12. The van der Waals surface area contributed by atoms with Gasteiger partial charge in [-0.25, -0.2) is 0 Å². The van der Waals surface area contributed by atoms with Crippen molar-refractivity contribution in [1.29, 1.82) is 0 Å². The van der Waals surface area contributed by atoms with Crippen LogP contribution in [0.3, 0.4) is 0 Å². The van der Waals surface area contributed by atoms with Crippen LogP contribution in [0, 0.1) is 28.6 Å². The van der Waals surface area contributed by atoms with E-state index in [1.165, 1.54) is 0 Å². The third-order valence-electron chi connectivity index (χ3n) is 7.42. The van der Waals surface area contributed by atoms with Crippen molar-refractivity contribution in [3.8, 4) is 0 Å². The molecule has 3 heteroatoms. The maximum atomic E-state index is 12.4. The molecule has 0 amide bonds. The normalized spacial score (nSPS) is 47.3. The largest absolute Gasteiger partial charge is 0.396 e. The Morgan fingerprint density at radius 1 is 1.05 bits per heavy atom. The van der Waals surface area contributed by atoms with Crippen molar-refractivity contribution in [3.05, 3.63) is 23.4 Å². The summed E-state index contributed by atoms with van der Waals surface area (Å²) in [6, 6.07) is 0. The van der Waals surface area contributed by atoms with Gasteiger partial charge in [-0.15, -0.1) is 0 Å². The van der Waals surface area contributed by atoms with Crippen molar-refractivity contribution >= 4 is 11.6 Å². The average molecular weight is 299 g/mol. The van der Waals surface area contributed by atoms with Crippen molar-refractivity contribution in [2.24, 2.45) is 34.3 Å². The molecule has 2 N–H and O–H groups in total. The third kappa shape index (κ3) is 1.57. The van der Waals surface area contributed by atoms with Crippen molar-refractivity contribution in [2.45, 2.75) is 52.4 Å². The van der Waals surface area contributed by atoms with Crippen LogP contribution in [-0.4, -0.2) is 11.6 Å². The molecule has 0 aromatic rings. The Hall–Kier alpha value is -1.38. The molecule has 0 unspecified atom stereocenters. The van der Waals surface area contributed by atoms with Crippen LogP contribution >= 0.6 is 0 Å². The maximum Gasteiger partial charge on any atom is 0.178 e. The minimum absolute atomic E-state index is 0.0182. The molecule has 0 aliphatic heterocycles. The average Bonchev–Trinajstić information content (AvgIpc) is 2.79. The van der Waals surface area contributed by atoms with E-state index >= 15 is 0 Å². The van der Waals surface area contributed by atoms with Crippen LogP contribution < -0.4 is 5.73 Å². The highest BCUT2D eigenvalue weighted by molar-refractivity contribution is 5.97. The highest BCUT2D eigenvalue weighted by Crippen LogP contribution is 2.62. The molecule has 22 heavy (non-hydrogen) atoms. The number of rotatable bonds is 0. The molecule has 0 aromatic carbocycles. The number of fused-ring (bicyclic) bond motifs is 5. The van der Waals surface area contributed by atoms with Crippen molar-refractivity contribution in [1.82, 2.24) is 0 Å². The van der Waals surface area contributed by atoms with E-state index < -0.39 is 0 Å². The lowest BCUT2D eigenvalue weighted by Gasteiger charge is -2.54. The van der Waals surface area contributed by atoms with Crippen LogP contribution in [0.4, 0.5) is 0 Å². The summed E-state index contributed by atoms with van der Waals surface area (Å²) >= 11 is 0. The summed E-state index contributed by atoms with van der Waals surface area (Å²) in [4.78, 5) is 24.3. The van der Waals surface area contributed by atoms with Gasteiger partial charge in [0.1, 0.15) is 5.78 Å². The van der Waals surface area contributed by atoms with E-state index in [0.717, 1.165) is 37.7 Å². The molecule has 0 aromatic heterocycles. The van der Waals surface area contributed by atoms with E-state index in [4.69, 9.17) is 5.73 Å². The Kier molecular flexibility index (Phi) is 2.80. The van der Waals surface area contributed by atoms with E-state index in [0.29, 0.717) is 35.7 Å². The van der Waals surface area contributed by atoms with Crippen LogP contribution in [0.15, 0.2) is 23.4 Å². The first-order valence-electron chi connectivity index (χ1n) is 8.63. The van der Waals surface area contributed by atoms with Gasteiger partial charge in [-0.05, 0) is 54.4 Å². The topological polar surface area (TPSA) is 60.2 Å². The lowest BCUT2D eigenvalue weighted by Crippen LogP contribution is -2.50. The predicted molar refractivity (Wildman–Crippen MR) is 84.8 cm³/mol. The molecule has 4 aliphatic carbocycles. The molecular formula is C19H25NO2. The van der Waals surface area contributed by atoms with Crippen molar-refractivity contribution < 1.29 is 9.59 Å². The summed E-state index contributed by atoms with van der Waals surface area (Å²) in [5.74, 6) is 2.05. The number of nitrogens with two attached hydrogens (primary N) is 1. The predicted octanol–water partition coefficient (Wildman–Crippen LogP) is 3.15. The molecule has 2 saturated carbocycles. The third-order valence-corrected chi connectivity index (χ3v) is 7.42. The molecule has 0 heterocycles. The van der Waals surface area contributed by atoms with Gasteiger partial charge in [-0.1, -0.05) is 26.0 Å². The van der Waals surface area contributed by atoms with E-state index in [2.05, 4.69) is 26.0 Å². The molecule has 0 spiro atoms. The molecule has 3 nitrogen and oxygen atoms in total. The fourth-order valence-electron chi connectivity index (χ4n) is 5.95. The van der Waals surface area contributed by atoms with Crippen molar-refractivity contribution in [3.63, 3.8) is 0 Å². The number of hydrogen-bond acceptors (Lipinski definition) is 3. The number of Topliss-reactive ketones (excluding diaryl/α,β-unsaturated/α-hetero) is 2. The zero-order valence-electron chi connectivity index (χ0n) is 13.5. The van der Waals surface area contributed by atoms with Gasteiger partial charge in [-0.2, -0.15) is 0 Å². The first kappa shape index (κ1) is 14.2. The Balaban J connectivity index is 1.80. The van der Waals surface area contributed by atoms with E-state index in [1.54, 1.807) is 0 Å². The summed E-state index contributed by atoms with van der Waals surface area (Å²) < 4.78 is 0. The summed E-state index contributed by atoms with van der Waals surface area (Å²) in [7, 11) is 0. The van der Waals surface area contributed by atoms with E-state index in [1.807, 2.05) is 0 Å². The van der Waals surface area contributed by atoms with Crippen LogP contribution in [0.25, 0.3) is 0 Å². The molecule has 0 radical (unpaired) electrons. The second-order valence-corrected chi connectivity index (χ2v) is 8.24. The van der Waals surface area contributed by atoms with Gasteiger partial charge in [0.2, 0.25) is 0 Å². The molecule has 5 atom stereocenters. The highest BCUT2D eigenvalue weighted by Gasteiger charge is 2.58. The molecule has 118 valence electrons. The summed E-state index contributed by atoms with van der Waals surface area (Å²) in [6.45, 7) is 4.48. The van der Waals surface area contributed by atoms with Gasteiger partial charge in [0.15, 0.2) is 5.78 Å². The van der Waals surface area contributed by atoms with Crippen LogP contribution in [0.1, 0.15) is 52.4 Å². The molecule has 4 rings (SSSR count). The van der Waals surface area contributed by atoms with E-state index in [9.17, 15) is 9.59 Å². The van der Waals surface area contributed by atoms with Gasteiger partial charge in [-0.3, -0.25) is 9.59 Å². The fraction of sp³-hybridized carbons (Fsp3) is 0.684. The Morgan fingerprint density at radius 3 is 2.55 bits per heavy atom. The molecular weight excluding hydrogens is 274 g/mol. The summed E-state index contributed by atoms with van der Waals surface area (Å²) in [5.41, 5.74) is 7.58. The highest BCUT2D eigenvalue weighted by atomic mass is 16.1. The molecule has 0 bridgehead atoms. The van der Waals surface area contributed by atoms with Gasteiger partial charge in [0, 0.05) is 18.3 Å². The minimum atomic E-state index is -0.112. The Labute approximate surface area is 132 Å². The standard InChI is InChI=1S/C19H25NO2/c1-18-10-8-15(21)17(20)14(18)4-3-11-12-5-6-16(22)19(12,2)9-7-13(11)18/h3-4,11-13H,5-10,20H2,1-2H3/t11-,12-,13-,18+,19-/m0/s1. The second kappa shape index (κ2) is 4.33. The lowest BCUT2D eigenvalue weighted by atomic mass is 9.49. The first-order chi connectivity index (χ1) is 10.4. The number of carbonyl (C=O) groups excluding carboxylic acids is 2. The zero-order valence-corrected chi connectivity index (χ0v) is 13.5. The number of ketones is 2. The van der Waals surface area contributed by atoms with E-state index in [-0.39, 0.29) is 16.6 Å². The van der Waals surface area contributed by atoms with Crippen molar-refractivity contribution in [2.75, 3.05) is 0 Å². The van der Waals surface area contributed by atoms with Crippen LogP contribution in [0.2, 0.25) is 0 Å². The van der Waals surface area contributed by atoms with Gasteiger partial charge >= 0.3 is 0 Å². The number of allylic oxidation sites excluding steroid dienone is 4. The smallest absolute Gasteiger partial charge is 0.178 e. The molecule has 4 aliphatic rings. The van der Waals surface area contributed by atoms with Crippen LogP contribution in [-0.2, 0) is 9.59 Å². The lowest BCUT2D eigenvalue weighted by molar-refractivity contribution is -0.130. The fourth-order valence-corrected chi connectivity index (χ4v) is 5.95. The van der Waals surface area contributed by atoms with Gasteiger partial charge in [0.05, 0.1) is 5.70 Å². The minimum Gasteiger partial charge on any atom is -0.396 e. The quantitative estimate of drug-likeness (QED) is 0.747. The monoisotopic (exact) mass is 299 g/mol. The number of hydrogen-bond donors (Lipinski definition) is 1. The second-order valence-electron chi connectivity index (χ2n) is 8.24. The summed E-state index contributed by atoms with van der Waals surface area (Å²) in [6.07, 6.45) is 9.73. The first-order valence-corrected chi connectivity index (χ1v) is 8.63. The molecule has 0 saturated heterocycles.